The fourth-order valence-electron chi connectivity index (χ4n) is 2.64. The van der Waals surface area contributed by atoms with E-state index in [1.807, 2.05) is 42.9 Å². The van der Waals surface area contributed by atoms with Gasteiger partial charge in [0.25, 0.3) is 5.69 Å². The maximum Gasteiger partial charge on any atom is 0.269 e. The van der Waals surface area contributed by atoms with Crippen LogP contribution in [0.15, 0.2) is 67.1 Å². The van der Waals surface area contributed by atoms with Gasteiger partial charge in [-0.2, -0.15) is 0 Å². The molecule has 4 rings (SSSR count). The van der Waals surface area contributed by atoms with Crippen LogP contribution >= 0.6 is 0 Å². The predicted octanol–water partition coefficient (Wildman–Crippen LogP) is 4.86. The topological polar surface area (TPSA) is 83.9 Å². The number of benzene rings is 2. The van der Waals surface area contributed by atoms with Gasteiger partial charge in [-0.25, -0.2) is 0 Å². The van der Waals surface area contributed by atoms with Crippen LogP contribution in [0.5, 0.6) is 11.5 Å². The van der Waals surface area contributed by atoms with E-state index in [9.17, 15) is 10.1 Å². The summed E-state index contributed by atoms with van der Waals surface area (Å²) in [5.74, 6) is 1.24. The maximum absolute atomic E-state index is 10.8. The minimum absolute atomic E-state index is 0.0364. The van der Waals surface area contributed by atoms with Crippen molar-refractivity contribution in [3.63, 3.8) is 0 Å². The molecule has 0 aliphatic rings. The molecule has 6 heteroatoms. The lowest BCUT2D eigenvalue weighted by molar-refractivity contribution is -0.384. The zero-order valence-electron chi connectivity index (χ0n) is 12.5. The molecule has 118 valence electrons. The van der Waals surface area contributed by atoms with Crippen LogP contribution in [0.4, 0.5) is 5.69 Å². The molecule has 0 aliphatic carbocycles. The highest BCUT2D eigenvalue weighted by Gasteiger charge is 2.12. The van der Waals surface area contributed by atoms with Gasteiger partial charge in [-0.15, -0.1) is 0 Å². The van der Waals surface area contributed by atoms with Crippen molar-refractivity contribution >= 4 is 16.6 Å². The van der Waals surface area contributed by atoms with Gasteiger partial charge < -0.3 is 14.7 Å². The summed E-state index contributed by atoms with van der Waals surface area (Å²) in [5.41, 5.74) is 2.99. The van der Waals surface area contributed by atoms with Crippen molar-refractivity contribution < 1.29 is 9.66 Å². The van der Waals surface area contributed by atoms with Crippen LogP contribution in [-0.4, -0.2) is 14.9 Å². The molecule has 0 atom stereocenters. The highest BCUT2D eigenvalue weighted by molar-refractivity contribution is 5.88. The van der Waals surface area contributed by atoms with Gasteiger partial charge in [-0.3, -0.25) is 10.1 Å². The Balaban J connectivity index is 1.77. The van der Waals surface area contributed by atoms with Gasteiger partial charge in [0.05, 0.1) is 4.92 Å². The molecule has 0 unspecified atom stereocenters. The Morgan fingerprint density at radius 2 is 1.83 bits per heavy atom. The Bertz CT molecular complexity index is 1000. The number of fused-ring (bicyclic) bond motifs is 1. The van der Waals surface area contributed by atoms with Gasteiger partial charge >= 0.3 is 0 Å². The average molecular weight is 319 g/mol. The van der Waals surface area contributed by atoms with Gasteiger partial charge in [-0.1, -0.05) is 0 Å². The summed E-state index contributed by atoms with van der Waals surface area (Å²) in [6.07, 6.45) is 5.62. The van der Waals surface area contributed by atoms with Crippen molar-refractivity contribution in [3.8, 4) is 22.6 Å². The van der Waals surface area contributed by atoms with Crippen LogP contribution in [0.25, 0.3) is 22.0 Å². The first-order chi connectivity index (χ1) is 11.7. The molecule has 2 aromatic heterocycles. The number of nitro benzene ring substituents is 1. The van der Waals surface area contributed by atoms with E-state index in [0.717, 1.165) is 22.0 Å². The van der Waals surface area contributed by atoms with E-state index in [1.54, 1.807) is 12.1 Å². The number of ether oxygens (including phenoxy) is 1. The fraction of sp³-hybridized carbons (Fsp3) is 0. The lowest BCUT2D eigenvalue weighted by Crippen LogP contribution is -1.90. The Morgan fingerprint density at radius 3 is 2.54 bits per heavy atom. The highest BCUT2D eigenvalue weighted by atomic mass is 16.6. The van der Waals surface area contributed by atoms with E-state index in [2.05, 4.69) is 9.97 Å². The second kappa shape index (κ2) is 5.58. The number of aromatic nitrogens is 2. The van der Waals surface area contributed by atoms with Crippen molar-refractivity contribution in [3.05, 3.63) is 77.2 Å². The van der Waals surface area contributed by atoms with Gasteiger partial charge in [0.1, 0.15) is 11.5 Å². The summed E-state index contributed by atoms with van der Waals surface area (Å²) >= 11 is 0. The fourth-order valence-corrected chi connectivity index (χ4v) is 2.64. The molecule has 2 aromatic carbocycles. The van der Waals surface area contributed by atoms with E-state index < -0.39 is 4.92 Å². The first-order valence-electron chi connectivity index (χ1n) is 7.37. The number of nitrogens with zero attached hydrogens (tertiary/aromatic N) is 1. The zero-order valence-corrected chi connectivity index (χ0v) is 12.5. The maximum atomic E-state index is 10.8. The van der Waals surface area contributed by atoms with Crippen LogP contribution in [0.2, 0.25) is 0 Å². The molecule has 2 N–H and O–H groups in total. The number of rotatable bonds is 4. The molecule has 0 fully saturated rings. The number of hydrogen-bond donors (Lipinski definition) is 2. The van der Waals surface area contributed by atoms with Crippen molar-refractivity contribution in [1.82, 2.24) is 9.97 Å². The third-order valence-corrected chi connectivity index (χ3v) is 3.84. The van der Waals surface area contributed by atoms with E-state index in [0.29, 0.717) is 11.5 Å². The van der Waals surface area contributed by atoms with Crippen LogP contribution in [0, 0.1) is 10.1 Å². The normalized spacial score (nSPS) is 10.8. The lowest BCUT2D eigenvalue weighted by Gasteiger charge is -2.11. The van der Waals surface area contributed by atoms with Crippen LogP contribution in [0.3, 0.4) is 0 Å². The number of H-pyrrole nitrogens is 2. The molecule has 0 radical (unpaired) electrons. The van der Waals surface area contributed by atoms with Crippen LogP contribution in [-0.2, 0) is 0 Å². The van der Waals surface area contributed by atoms with Gasteiger partial charge in [0.15, 0.2) is 0 Å². The van der Waals surface area contributed by atoms with Gasteiger partial charge in [0.2, 0.25) is 0 Å². The minimum Gasteiger partial charge on any atom is -0.457 e. The average Bonchev–Trinajstić information content (AvgIpc) is 3.25. The quantitative estimate of drug-likeness (QED) is 0.416. The van der Waals surface area contributed by atoms with Crippen molar-refractivity contribution in [2.45, 2.75) is 0 Å². The predicted molar refractivity (Wildman–Crippen MR) is 91.3 cm³/mol. The molecule has 0 bridgehead atoms. The summed E-state index contributed by atoms with van der Waals surface area (Å²) in [6, 6.07) is 14.0. The molecular weight excluding hydrogens is 306 g/mol. The van der Waals surface area contributed by atoms with Crippen molar-refractivity contribution in [2.24, 2.45) is 0 Å². The summed E-state index contributed by atoms with van der Waals surface area (Å²) in [7, 11) is 0. The molecule has 4 aromatic rings. The molecule has 2 heterocycles. The standard InChI is InChI=1S/C18H13N3O3/c22-21(23)14-1-3-15(4-2-14)24-18-9-12-6-8-20-17(12)10-16(18)13-5-7-19-11-13/h1-11,19-20H. The summed E-state index contributed by atoms with van der Waals surface area (Å²) in [4.78, 5) is 16.6. The molecule has 0 saturated heterocycles. The number of nitrogens with one attached hydrogen (secondary N) is 2. The number of aromatic amines is 2. The summed E-state index contributed by atoms with van der Waals surface area (Å²) in [6.45, 7) is 0. The first-order valence-corrected chi connectivity index (χ1v) is 7.37. The van der Waals surface area contributed by atoms with Gasteiger partial charge in [0, 0.05) is 52.8 Å². The molecule has 24 heavy (non-hydrogen) atoms. The van der Waals surface area contributed by atoms with Crippen LogP contribution in [0.1, 0.15) is 0 Å². The molecular formula is C18H13N3O3. The van der Waals surface area contributed by atoms with E-state index >= 15 is 0 Å². The van der Waals surface area contributed by atoms with Crippen LogP contribution < -0.4 is 4.74 Å². The van der Waals surface area contributed by atoms with E-state index in [4.69, 9.17) is 4.74 Å². The highest BCUT2D eigenvalue weighted by Crippen LogP contribution is 2.36. The molecule has 0 amide bonds. The SMILES string of the molecule is O=[N+]([O-])c1ccc(Oc2cc3cc[nH]c3cc2-c2cc[nH]c2)cc1. The third kappa shape index (κ3) is 2.50. The minimum atomic E-state index is -0.430. The Morgan fingerprint density at radius 1 is 1.00 bits per heavy atom. The zero-order chi connectivity index (χ0) is 16.5. The van der Waals surface area contributed by atoms with Crippen molar-refractivity contribution in [2.75, 3.05) is 0 Å². The van der Waals surface area contributed by atoms with E-state index in [1.165, 1.54) is 12.1 Å². The first kappa shape index (κ1) is 14.1. The Labute approximate surface area is 136 Å². The molecule has 0 aliphatic heterocycles. The largest absolute Gasteiger partial charge is 0.457 e. The summed E-state index contributed by atoms with van der Waals surface area (Å²) < 4.78 is 6.00. The molecule has 6 nitrogen and oxygen atoms in total. The number of nitro groups is 1. The molecule has 0 spiro atoms. The smallest absolute Gasteiger partial charge is 0.269 e. The van der Waals surface area contributed by atoms with E-state index in [-0.39, 0.29) is 5.69 Å². The Hall–Kier alpha value is -3.54. The summed E-state index contributed by atoms with van der Waals surface area (Å²) in [5, 5.41) is 11.8. The number of hydrogen-bond acceptors (Lipinski definition) is 3. The van der Waals surface area contributed by atoms with Crippen molar-refractivity contribution in [1.29, 1.82) is 0 Å². The third-order valence-electron chi connectivity index (χ3n) is 3.84. The van der Waals surface area contributed by atoms with Gasteiger partial charge in [-0.05, 0) is 36.4 Å². The Kier molecular flexibility index (Phi) is 3.28. The number of non-ortho nitro benzene ring substituents is 1. The monoisotopic (exact) mass is 319 g/mol. The lowest BCUT2D eigenvalue weighted by atomic mass is 10.1. The second-order valence-electron chi connectivity index (χ2n) is 5.37. The second-order valence-corrected chi connectivity index (χ2v) is 5.37. The molecule has 0 saturated carbocycles.